The molecular formula is C23H24FN3O6S. The summed E-state index contributed by atoms with van der Waals surface area (Å²) >= 11 is 0. The second-order valence-electron chi connectivity index (χ2n) is 7.48. The molecule has 0 radical (unpaired) electrons. The van der Waals surface area contributed by atoms with Gasteiger partial charge in [0.1, 0.15) is 17.3 Å². The molecule has 3 N–H and O–H groups in total. The number of benzene rings is 1. The number of hydrogen-bond acceptors (Lipinski definition) is 6. The van der Waals surface area contributed by atoms with E-state index in [2.05, 4.69) is 21.6 Å². The van der Waals surface area contributed by atoms with Crippen LogP contribution < -0.4 is 10.0 Å². The normalized spacial score (nSPS) is 11.5. The number of halogens is 1. The second-order valence-corrected chi connectivity index (χ2v) is 9.28. The van der Waals surface area contributed by atoms with Crippen LogP contribution in [0.1, 0.15) is 40.9 Å². The van der Waals surface area contributed by atoms with Gasteiger partial charge in [0.25, 0.3) is 5.91 Å². The van der Waals surface area contributed by atoms with Crippen LogP contribution in [0.15, 0.2) is 41.3 Å². The number of carbonyl (C=O) groups is 2. The average Bonchev–Trinajstić information content (AvgIpc) is 3.15. The Bertz CT molecular complexity index is 1330. The molecule has 2 aromatic heterocycles. The fourth-order valence-corrected chi connectivity index (χ4v) is 4.53. The fourth-order valence-electron chi connectivity index (χ4n) is 3.38. The first-order valence-electron chi connectivity index (χ1n) is 10.4. The summed E-state index contributed by atoms with van der Waals surface area (Å²) in [7, 11) is -2.33. The minimum Gasteiger partial charge on any atom is -0.481 e. The summed E-state index contributed by atoms with van der Waals surface area (Å²) in [5.74, 6) is -2.13. The van der Waals surface area contributed by atoms with Crippen molar-refractivity contribution in [3.63, 3.8) is 0 Å². The Hall–Kier alpha value is -3.57. The highest BCUT2D eigenvalue weighted by Crippen LogP contribution is 2.34. The number of fused-ring (bicyclic) bond motifs is 1. The molecule has 0 aliphatic heterocycles. The van der Waals surface area contributed by atoms with E-state index in [0.29, 0.717) is 29.4 Å². The van der Waals surface area contributed by atoms with E-state index in [1.54, 1.807) is 6.07 Å². The van der Waals surface area contributed by atoms with E-state index >= 15 is 0 Å². The van der Waals surface area contributed by atoms with E-state index in [9.17, 15) is 22.4 Å². The zero-order chi connectivity index (χ0) is 24.9. The van der Waals surface area contributed by atoms with Crippen molar-refractivity contribution in [2.45, 2.75) is 25.0 Å². The third-order valence-electron chi connectivity index (χ3n) is 5.04. The van der Waals surface area contributed by atoms with Crippen LogP contribution in [0.4, 0.5) is 4.39 Å². The Labute approximate surface area is 195 Å². The number of nitrogens with one attached hydrogen (secondary N) is 2. The topological polar surface area (TPSA) is 139 Å². The van der Waals surface area contributed by atoms with Crippen LogP contribution in [-0.4, -0.2) is 44.0 Å². The minimum absolute atomic E-state index is 0.0386. The molecule has 0 fully saturated rings. The lowest BCUT2D eigenvalue weighted by Gasteiger charge is -2.08. The molecule has 0 bridgehead atoms. The maximum absolute atomic E-state index is 13.4. The maximum atomic E-state index is 13.4. The lowest BCUT2D eigenvalue weighted by atomic mass is 10.0. The molecule has 9 nitrogen and oxygen atoms in total. The SMILES string of the molecule is C=Cc1cc2c(C(=O)NC)c(-c3ccc(F)cc3)oc2nc1CS(=O)(=O)NCCCCC(=O)O. The van der Waals surface area contributed by atoms with Crippen LogP contribution in [0, 0.1) is 5.82 Å². The molecule has 0 aliphatic rings. The number of pyridine rings is 1. The van der Waals surface area contributed by atoms with Gasteiger partial charge in [0, 0.05) is 25.6 Å². The Morgan fingerprint density at radius 1 is 1.24 bits per heavy atom. The van der Waals surface area contributed by atoms with Gasteiger partial charge in [0.15, 0.2) is 0 Å². The standard InChI is InChI=1S/C23H24FN3O6S/c1-3-14-12-17-20(22(30)25-2)21(15-7-9-16(24)10-8-15)33-23(17)27-18(14)13-34(31,32)26-11-5-4-6-19(28)29/h3,7-10,12,26H,1,4-6,11,13H2,2H3,(H,25,30)(H,28,29). The Kier molecular flexibility index (Phi) is 7.79. The summed E-state index contributed by atoms with van der Waals surface area (Å²) in [5, 5.41) is 11.6. The average molecular weight is 490 g/mol. The van der Waals surface area contributed by atoms with E-state index in [4.69, 9.17) is 9.52 Å². The summed E-state index contributed by atoms with van der Waals surface area (Å²) < 4.78 is 46.8. The molecule has 0 unspecified atom stereocenters. The molecule has 34 heavy (non-hydrogen) atoms. The summed E-state index contributed by atoms with van der Waals surface area (Å²) in [4.78, 5) is 27.5. The van der Waals surface area contributed by atoms with Crippen LogP contribution in [0.5, 0.6) is 0 Å². The number of aromatic nitrogens is 1. The molecule has 2 heterocycles. The summed E-state index contributed by atoms with van der Waals surface area (Å²) in [6.07, 6.45) is 2.12. The number of nitrogens with zero attached hydrogens (tertiary/aromatic N) is 1. The molecule has 0 atom stereocenters. The van der Waals surface area contributed by atoms with E-state index in [1.807, 2.05) is 0 Å². The minimum atomic E-state index is -3.79. The van der Waals surface area contributed by atoms with Crippen LogP contribution in [0.25, 0.3) is 28.5 Å². The fraction of sp³-hybridized carbons (Fsp3) is 0.261. The first-order valence-corrected chi connectivity index (χ1v) is 12.1. The lowest BCUT2D eigenvalue weighted by Crippen LogP contribution is -2.27. The van der Waals surface area contributed by atoms with Gasteiger partial charge in [0.05, 0.1) is 16.6 Å². The highest BCUT2D eigenvalue weighted by molar-refractivity contribution is 7.88. The van der Waals surface area contributed by atoms with Gasteiger partial charge in [-0.1, -0.05) is 12.7 Å². The highest BCUT2D eigenvalue weighted by Gasteiger charge is 2.25. The number of sulfonamides is 1. The number of aliphatic carboxylic acids is 1. The van der Waals surface area contributed by atoms with Gasteiger partial charge in [-0.15, -0.1) is 0 Å². The number of rotatable bonds is 11. The van der Waals surface area contributed by atoms with Crippen molar-refractivity contribution in [3.8, 4) is 11.3 Å². The summed E-state index contributed by atoms with van der Waals surface area (Å²) in [6.45, 7) is 3.81. The van der Waals surface area contributed by atoms with Crippen molar-refractivity contribution in [3.05, 3.63) is 59.5 Å². The zero-order valence-electron chi connectivity index (χ0n) is 18.4. The van der Waals surface area contributed by atoms with Crippen molar-refractivity contribution >= 4 is 39.1 Å². The van der Waals surface area contributed by atoms with Gasteiger partial charge in [0.2, 0.25) is 15.7 Å². The number of carboxylic acids is 1. The second kappa shape index (κ2) is 10.6. The number of furan rings is 1. The molecule has 3 rings (SSSR count). The maximum Gasteiger partial charge on any atom is 0.303 e. The van der Waals surface area contributed by atoms with Crippen LogP contribution >= 0.6 is 0 Å². The van der Waals surface area contributed by atoms with Crippen molar-refractivity contribution in [2.24, 2.45) is 0 Å². The Morgan fingerprint density at radius 3 is 2.56 bits per heavy atom. The van der Waals surface area contributed by atoms with Gasteiger partial charge >= 0.3 is 5.97 Å². The van der Waals surface area contributed by atoms with Crippen LogP contribution in [0.3, 0.4) is 0 Å². The largest absolute Gasteiger partial charge is 0.481 e. The number of carboxylic acid groups (broad SMARTS) is 1. The van der Waals surface area contributed by atoms with Gasteiger partial charge in [-0.05, 0) is 48.7 Å². The molecule has 0 aliphatic carbocycles. The number of carbonyl (C=O) groups excluding carboxylic acids is 1. The molecule has 0 saturated heterocycles. The third kappa shape index (κ3) is 5.86. The molecule has 180 valence electrons. The monoisotopic (exact) mass is 489 g/mol. The number of amides is 1. The van der Waals surface area contributed by atoms with Crippen molar-refractivity contribution < 1.29 is 31.9 Å². The Morgan fingerprint density at radius 2 is 1.94 bits per heavy atom. The smallest absolute Gasteiger partial charge is 0.303 e. The van der Waals surface area contributed by atoms with Crippen molar-refractivity contribution in [2.75, 3.05) is 13.6 Å². The van der Waals surface area contributed by atoms with E-state index in [0.717, 1.165) is 0 Å². The third-order valence-corrected chi connectivity index (χ3v) is 6.34. The predicted octanol–water partition coefficient (Wildman–Crippen LogP) is 3.31. The van der Waals surface area contributed by atoms with Crippen molar-refractivity contribution in [1.29, 1.82) is 0 Å². The zero-order valence-corrected chi connectivity index (χ0v) is 19.2. The van der Waals surface area contributed by atoms with Gasteiger partial charge in [-0.25, -0.2) is 22.5 Å². The molecule has 1 amide bonds. The first-order chi connectivity index (χ1) is 16.1. The Balaban J connectivity index is 1.96. The van der Waals surface area contributed by atoms with E-state index in [1.165, 1.54) is 37.4 Å². The molecule has 0 spiro atoms. The van der Waals surface area contributed by atoms with E-state index in [-0.39, 0.29) is 35.7 Å². The van der Waals surface area contributed by atoms with Crippen LogP contribution in [0.2, 0.25) is 0 Å². The molecule has 0 saturated carbocycles. The highest BCUT2D eigenvalue weighted by atomic mass is 32.2. The van der Waals surface area contributed by atoms with Gasteiger partial charge < -0.3 is 14.8 Å². The molecular weight excluding hydrogens is 465 g/mol. The lowest BCUT2D eigenvalue weighted by molar-refractivity contribution is -0.137. The van der Waals surface area contributed by atoms with E-state index < -0.39 is 33.5 Å². The predicted molar refractivity (Wildman–Crippen MR) is 125 cm³/mol. The molecule has 11 heteroatoms. The molecule has 3 aromatic rings. The quantitative estimate of drug-likeness (QED) is 0.351. The number of hydrogen-bond donors (Lipinski definition) is 3. The summed E-state index contributed by atoms with van der Waals surface area (Å²) in [6, 6.07) is 6.98. The first kappa shape index (κ1) is 25.1. The number of unbranched alkanes of at least 4 members (excludes halogenated alkanes) is 1. The van der Waals surface area contributed by atoms with Gasteiger partial charge in [-0.3, -0.25) is 9.59 Å². The van der Waals surface area contributed by atoms with Crippen molar-refractivity contribution in [1.82, 2.24) is 15.0 Å². The summed E-state index contributed by atoms with van der Waals surface area (Å²) in [5.41, 5.74) is 1.26. The van der Waals surface area contributed by atoms with Crippen LogP contribution in [-0.2, 0) is 20.6 Å². The molecule has 1 aromatic carbocycles. The van der Waals surface area contributed by atoms with Gasteiger partial charge in [-0.2, -0.15) is 0 Å².